The van der Waals surface area contributed by atoms with Crippen molar-refractivity contribution in [2.45, 2.75) is 25.3 Å². The molecule has 4 rings (SSSR count). The number of nitrogens with one attached hydrogen (secondary N) is 2. The summed E-state index contributed by atoms with van der Waals surface area (Å²) in [5, 5.41) is 11.2. The molecule has 1 aliphatic rings. The second kappa shape index (κ2) is 5.41. The maximum Gasteiger partial charge on any atom is 0.261 e. The van der Waals surface area contributed by atoms with Crippen LogP contribution in [-0.2, 0) is 6.54 Å². The average molecular weight is 332 g/mol. The van der Waals surface area contributed by atoms with E-state index in [-0.39, 0.29) is 5.91 Å². The topological polar surface area (TPSA) is 57.8 Å². The van der Waals surface area contributed by atoms with E-state index in [4.69, 9.17) is 11.6 Å². The van der Waals surface area contributed by atoms with Crippen LogP contribution in [-0.4, -0.2) is 16.1 Å². The molecule has 0 radical (unpaired) electrons. The van der Waals surface area contributed by atoms with Crippen molar-refractivity contribution >= 4 is 39.7 Å². The highest BCUT2D eigenvalue weighted by Gasteiger charge is 2.27. The zero-order chi connectivity index (χ0) is 15.1. The largest absolute Gasteiger partial charge is 0.347 e. The molecule has 4 nitrogen and oxygen atoms in total. The van der Waals surface area contributed by atoms with E-state index in [9.17, 15) is 4.79 Å². The van der Waals surface area contributed by atoms with Gasteiger partial charge in [-0.1, -0.05) is 17.7 Å². The molecule has 0 bridgehead atoms. The first-order valence-corrected chi connectivity index (χ1v) is 8.40. The number of nitrogens with zero attached hydrogens (tertiary/aromatic N) is 1. The van der Waals surface area contributed by atoms with Crippen LogP contribution < -0.4 is 5.32 Å². The van der Waals surface area contributed by atoms with Crippen molar-refractivity contribution in [3.05, 3.63) is 50.8 Å². The summed E-state index contributed by atoms with van der Waals surface area (Å²) in [7, 11) is 0. The number of rotatable bonds is 4. The number of thiophene rings is 1. The molecular weight excluding hydrogens is 318 g/mol. The van der Waals surface area contributed by atoms with E-state index >= 15 is 0 Å². The Kier molecular flexibility index (Phi) is 3.39. The Morgan fingerprint density at radius 2 is 2.23 bits per heavy atom. The van der Waals surface area contributed by atoms with Crippen molar-refractivity contribution in [2.24, 2.45) is 0 Å². The summed E-state index contributed by atoms with van der Waals surface area (Å²) >= 11 is 7.18. The van der Waals surface area contributed by atoms with Crippen molar-refractivity contribution in [1.29, 1.82) is 0 Å². The molecule has 2 aromatic heterocycles. The van der Waals surface area contributed by atoms with Crippen LogP contribution in [0.3, 0.4) is 0 Å². The lowest BCUT2D eigenvalue weighted by molar-refractivity contribution is 0.0955. The zero-order valence-electron chi connectivity index (χ0n) is 11.7. The molecule has 2 heterocycles. The number of carbonyl (C=O) groups excluding carboxylic acids is 1. The summed E-state index contributed by atoms with van der Waals surface area (Å²) in [6.45, 7) is 0.511. The Hall–Kier alpha value is -1.85. The molecule has 0 aliphatic heterocycles. The van der Waals surface area contributed by atoms with Gasteiger partial charge in [-0.25, -0.2) is 0 Å². The SMILES string of the molecule is O=C(NCc1c(C2CC2)ccc2[nH]ncc12)c1ccc(Cl)s1. The Labute approximate surface area is 136 Å². The summed E-state index contributed by atoms with van der Waals surface area (Å²) in [4.78, 5) is 12.9. The van der Waals surface area contributed by atoms with E-state index in [2.05, 4.69) is 27.6 Å². The maximum atomic E-state index is 12.2. The highest BCUT2D eigenvalue weighted by molar-refractivity contribution is 7.17. The average Bonchev–Trinajstić information content (AvgIpc) is 3.07. The molecule has 1 fully saturated rings. The molecule has 1 aromatic carbocycles. The predicted octanol–water partition coefficient (Wildman–Crippen LogP) is 4.09. The van der Waals surface area contributed by atoms with Gasteiger partial charge in [0.15, 0.2) is 0 Å². The third kappa shape index (κ3) is 2.51. The number of H-pyrrole nitrogens is 1. The number of aromatic amines is 1. The Morgan fingerprint density at radius 3 is 2.95 bits per heavy atom. The van der Waals surface area contributed by atoms with Crippen LogP contribution in [0.15, 0.2) is 30.5 Å². The van der Waals surface area contributed by atoms with Gasteiger partial charge in [-0.15, -0.1) is 11.3 Å². The number of halogens is 1. The van der Waals surface area contributed by atoms with Crippen molar-refractivity contribution in [3.63, 3.8) is 0 Å². The molecule has 112 valence electrons. The smallest absolute Gasteiger partial charge is 0.261 e. The predicted molar refractivity (Wildman–Crippen MR) is 88.6 cm³/mol. The van der Waals surface area contributed by atoms with Gasteiger partial charge in [0.2, 0.25) is 0 Å². The second-order valence-electron chi connectivity index (χ2n) is 5.53. The number of fused-ring (bicyclic) bond motifs is 1. The van der Waals surface area contributed by atoms with E-state index in [1.54, 1.807) is 12.1 Å². The van der Waals surface area contributed by atoms with Gasteiger partial charge in [0.25, 0.3) is 5.91 Å². The van der Waals surface area contributed by atoms with E-state index in [1.165, 1.54) is 35.3 Å². The normalized spacial score (nSPS) is 14.4. The minimum Gasteiger partial charge on any atom is -0.347 e. The molecule has 1 saturated carbocycles. The highest BCUT2D eigenvalue weighted by Crippen LogP contribution is 2.43. The first-order chi connectivity index (χ1) is 10.7. The summed E-state index contributed by atoms with van der Waals surface area (Å²) < 4.78 is 0.626. The summed E-state index contributed by atoms with van der Waals surface area (Å²) in [5.74, 6) is 0.543. The number of aromatic nitrogens is 2. The van der Waals surface area contributed by atoms with Crippen LogP contribution in [0.5, 0.6) is 0 Å². The fraction of sp³-hybridized carbons (Fsp3) is 0.250. The fourth-order valence-electron chi connectivity index (χ4n) is 2.76. The number of benzene rings is 1. The molecule has 0 atom stereocenters. The minimum absolute atomic E-state index is 0.0841. The molecule has 1 amide bonds. The summed E-state index contributed by atoms with van der Waals surface area (Å²) in [5.41, 5.74) is 3.51. The zero-order valence-corrected chi connectivity index (χ0v) is 13.3. The van der Waals surface area contributed by atoms with Crippen molar-refractivity contribution in [1.82, 2.24) is 15.5 Å². The van der Waals surface area contributed by atoms with Gasteiger partial charge in [-0.2, -0.15) is 5.10 Å². The molecular formula is C16H14ClN3OS. The van der Waals surface area contributed by atoms with Crippen molar-refractivity contribution in [2.75, 3.05) is 0 Å². The van der Waals surface area contributed by atoms with Gasteiger partial charge in [0.1, 0.15) is 0 Å². The highest BCUT2D eigenvalue weighted by atomic mass is 35.5. The van der Waals surface area contributed by atoms with Gasteiger partial charge < -0.3 is 5.32 Å². The molecule has 3 aromatic rings. The van der Waals surface area contributed by atoms with Crippen LogP contribution >= 0.6 is 22.9 Å². The van der Waals surface area contributed by atoms with Gasteiger partial charge in [0, 0.05) is 11.9 Å². The Morgan fingerprint density at radius 1 is 1.36 bits per heavy atom. The van der Waals surface area contributed by atoms with E-state index in [0.29, 0.717) is 21.7 Å². The van der Waals surface area contributed by atoms with Gasteiger partial charge in [-0.3, -0.25) is 9.89 Å². The monoisotopic (exact) mass is 331 g/mol. The van der Waals surface area contributed by atoms with E-state index in [0.717, 1.165) is 10.9 Å². The molecule has 1 aliphatic carbocycles. The van der Waals surface area contributed by atoms with Gasteiger partial charge in [-0.05, 0) is 48.1 Å². The van der Waals surface area contributed by atoms with Crippen molar-refractivity contribution in [3.8, 4) is 0 Å². The molecule has 22 heavy (non-hydrogen) atoms. The van der Waals surface area contributed by atoms with Crippen LogP contribution in [0.25, 0.3) is 10.9 Å². The third-order valence-electron chi connectivity index (χ3n) is 4.01. The minimum atomic E-state index is -0.0841. The molecule has 0 saturated heterocycles. The van der Waals surface area contributed by atoms with Crippen LogP contribution in [0.2, 0.25) is 4.34 Å². The molecule has 0 unspecified atom stereocenters. The lowest BCUT2D eigenvalue weighted by Crippen LogP contribution is -2.22. The summed E-state index contributed by atoms with van der Waals surface area (Å²) in [6.07, 6.45) is 4.29. The van der Waals surface area contributed by atoms with Crippen LogP contribution in [0, 0.1) is 0 Å². The maximum absolute atomic E-state index is 12.2. The van der Waals surface area contributed by atoms with E-state index in [1.807, 2.05) is 6.20 Å². The van der Waals surface area contributed by atoms with Gasteiger partial charge in [0.05, 0.1) is 20.9 Å². The number of carbonyl (C=O) groups is 1. The lowest BCUT2D eigenvalue weighted by atomic mass is 9.99. The third-order valence-corrected chi connectivity index (χ3v) is 5.24. The molecule has 0 spiro atoms. The lowest BCUT2D eigenvalue weighted by Gasteiger charge is -2.11. The fourth-order valence-corrected chi connectivity index (χ4v) is 3.72. The molecule has 2 N–H and O–H groups in total. The summed E-state index contributed by atoms with van der Waals surface area (Å²) in [6, 6.07) is 7.72. The number of amides is 1. The number of hydrogen-bond donors (Lipinski definition) is 2. The first kappa shape index (κ1) is 13.8. The van der Waals surface area contributed by atoms with Crippen LogP contribution in [0.4, 0.5) is 0 Å². The standard InChI is InChI=1S/C16H14ClN3OS/c17-15-6-5-14(22-15)16(21)18-7-11-10(9-1-2-9)3-4-13-12(11)8-19-20-13/h3-6,8-9H,1-2,7H2,(H,18,21)(H,19,20). The molecule has 6 heteroatoms. The van der Waals surface area contributed by atoms with Gasteiger partial charge >= 0.3 is 0 Å². The van der Waals surface area contributed by atoms with Crippen LogP contribution in [0.1, 0.15) is 39.6 Å². The quantitative estimate of drug-likeness (QED) is 0.756. The second-order valence-corrected chi connectivity index (χ2v) is 7.24. The number of hydrogen-bond acceptors (Lipinski definition) is 3. The van der Waals surface area contributed by atoms with Crippen molar-refractivity contribution < 1.29 is 4.79 Å². The first-order valence-electron chi connectivity index (χ1n) is 7.21. The Bertz CT molecular complexity index is 850. The Balaban J connectivity index is 1.61. The van der Waals surface area contributed by atoms with E-state index < -0.39 is 0 Å².